The summed E-state index contributed by atoms with van der Waals surface area (Å²) in [7, 11) is 0. The Morgan fingerprint density at radius 3 is 2.30 bits per heavy atom. The summed E-state index contributed by atoms with van der Waals surface area (Å²) in [4.78, 5) is 12.4. The summed E-state index contributed by atoms with van der Waals surface area (Å²) in [5, 5.41) is 8.66. The Bertz CT molecular complexity index is 847. The first-order valence-corrected chi connectivity index (χ1v) is 10.7. The number of alkyl halides is 3. The average molecular weight is 575 g/mol. The van der Waals surface area contributed by atoms with E-state index >= 15 is 0 Å². The summed E-state index contributed by atoms with van der Waals surface area (Å²) in [6.07, 6.45) is -1.05. The molecule has 0 aliphatic heterocycles. The second-order valence-electron chi connectivity index (χ2n) is 5.49. The first kappa shape index (κ1) is 22.7. The lowest BCUT2D eigenvalue weighted by atomic mass is 10.2. The Labute approximate surface area is 194 Å². The van der Waals surface area contributed by atoms with Crippen LogP contribution in [0.25, 0.3) is 0 Å². The molecule has 27 heavy (non-hydrogen) atoms. The molecule has 0 fully saturated rings. The second kappa shape index (κ2) is 9.76. The number of hydrogen-bond acceptors (Lipinski definition) is 2. The highest BCUT2D eigenvalue weighted by Gasteiger charge is 2.35. The zero-order valence-corrected chi connectivity index (χ0v) is 20.1. The molecule has 2 aromatic rings. The van der Waals surface area contributed by atoms with Gasteiger partial charge in [0.25, 0.3) is 5.91 Å². The van der Waals surface area contributed by atoms with Crippen LogP contribution in [0, 0.1) is 6.92 Å². The molecule has 1 unspecified atom stereocenters. The van der Waals surface area contributed by atoms with E-state index in [2.05, 4.69) is 47.8 Å². The largest absolute Gasteiger partial charge is 0.339 e. The van der Waals surface area contributed by atoms with E-state index in [9.17, 15) is 4.79 Å². The highest BCUT2D eigenvalue weighted by atomic mass is 79.9. The average Bonchev–Trinajstić information content (AvgIpc) is 2.59. The van der Waals surface area contributed by atoms with Crippen molar-refractivity contribution in [2.45, 2.75) is 16.9 Å². The maximum atomic E-state index is 12.4. The first-order valence-electron chi connectivity index (χ1n) is 7.53. The predicted octanol–water partition coefficient (Wildman–Crippen LogP) is 5.93. The lowest BCUT2D eigenvalue weighted by Gasteiger charge is -2.28. The van der Waals surface area contributed by atoms with Gasteiger partial charge in [-0.05, 0) is 64.9 Å². The van der Waals surface area contributed by atoms with Crippen LogP contribution in [0.15, 0.2) is 51.4 Å². The number of halogens is 5. The van der Waals surface area contributed by atoms with Gasteiger partial charge in [-0.25, -0.2) is 0 Å². The molecule has 1 amide bonds. The fourth-order valence-corrected chi connectivity index (χ4v) is 3.69. The molecule has 0 radical (unpaired) electrons. The van der Waals surface area contributed by atoms with Crippen molar-refractivity contribution in [3.63, 3.8) is 0 Å². The molecule has 4 nitrogen and oxygen atoms in total. The lowest BCUT2D eigenvalue weighted by Crippen LogP contribution is -2.56. The molecule has 0 bridgehead atoms. The van der Waals surface area contributed by atoms with Gasteiger partial charge in [0, 0.05) is 14.5 Å². The number of aryl methyl sites for hydroxylation is 1. The number of anilines is 1. The van der Waals surface area contributed by atoms with E-state index in [1.807, 2.05) is 19.1 Å². The van der Waals surface area contributed by atoms with Crippen molar-refractivity contribution >= 4 is 95.6 Å². The van der Waals surface area contributed by atoms with Gasteiger partial charge < -0.3 is 16.0 Å². The van der Waals surface area contributed by atoms with E-state index < -0.39 is 15.9 Å². The third kappa shape index (κ3) is 6.76. The summed E-state index contributed by atoms with van der Waals surface area (Å²) in [5.74, 6) is -0.400. The van der Waals surface area contributed by atoms with Gasteiger partial charge in [0.05, 0.1) is 5.69 Å². The minimum Gasteiger partial charge on any atom is -0.339 e. The quantitative estimate of drug-likeness (QED) is 0.241. The van der Waals surface area contributed by atoms with Crippen LogP contribution in [0.2, 0.25) is 0 Å². The van der Waals surface area contributed by atoms with Crippen LogP contribution in [0.5, 0.6) is 0 Å². The first-order chi connectivity index (χ1) is 12.6. The number of carbonyl (C=O) groups is 1. The SMILES string of the molecule is Cc1cc(NC(=S)NC(NC(=O)c2ccccc2)C(Cl)(Cl)Cl)c(Br)cc1Br. The molecule has 0 aliphatic rings. The van der Waals surface area contributed by atoms with Crippen LogP contribution in [0.4, 0.5) is 5.69 Å². The molecule has 1 atom stereocenters. The molecule has 0 saturated carbocycles. The smallest absolute Gasteiger partial charge is 0.252 e. The van der Waals surface area contributed by atoms with Gasteiger partial charge in [0.1, 0.15) is 6.17 Å². The zero-order chi connectivity index (χ0) is 20.2. The Morgan fingerprint density at radius 2 is 1.70 bits per heavy atom. The third-order valence-corrected chi connectivity index (χ3v) is 5.80. The van der Waals surface area contributed by atoms with Crippen LogP contribution < -0.4 is 16.0 Å². The van der Waals surface area contributed by atoms with Crippen LogP contribution in [-0.4, -0.2) is 21.0 Å². The van der Waals surface area contributed by atoms with Crippen LogP contribution in [-0.2, 0) is 0 Å². The minimum absolute atomic E-state index is 0.183. The van der Waals surface area contributed by atoms with Crippen LogP contribution >= 0.6 is 78.9 Å². The number of benzene rings is 2. The molecule has 144 valence electrons. The molecule has 0 aromatic heterocycles. The fourth-order valence-electron chi connectivity index (χ4n) is 2.05. The zero-order valence-electron chi connectivity index (χ0n) is 13.8. The molecule has 2 rings (SSSR count). The Hall–Kier alpha value is -0.570. The molecule has 0 heterocycles. The van der Waals surface area contributed by atoms with Gasteiger partial charge in [-0.3, -0.25) is 4.79 Å². The highest BCUT2D eigenvalue weighted by Crippen LogP contribution is 2.31. The van der Waals surface area contributed by atoms with Crippen molar-refractivity contribution in [1.29, 1.82) is 0 Å². The van der Waals surface area contributed by atoms with E-state index in [-0.39, 0.29) is 5.11 Å². The summed E-state index contributed by atoms with van der Waals surface area (Å²) < 4.78 is -0.0840. The van der Waals surface area contributed by atoms with Gasteiger partial charge in [-0.15, -0.1) is 0 Å². The van der Waals surface area contributed by atoms with Crippen molar-refractivity contribution in [1.82, 2.24) is 10.6 Å². The van der Waals surface area contributed by atoms with Crippen molar-refractivity contribution < 1.29 is 4.79 Å². The normalized spacial score (nSPS) is 12.2. The minimum atomic E-state index is -1.83. The topological polar surface area (TPSA) is 53.2 Å². The highest BCUT2D eigenvalue weighted by molar-refractivity contribution is 9.11. The fraction of sp³-hybridized carbons (Fsp3) is 0.176. The van der Waals surface area contributed by atoms with E-state index in [0.717, 1.165) is 20.2 Å². The number of amides is 1. The third-order valence-electron chi connectivity index (χ3n) is 3.41. The number of carbonyl (C=O) groups excluding carboxylic acids is 1. The van der Waals surface area contributed by atoms with Crippen molar-refractivity contribution in [2.75, 3.05) is 5.32 Å². The monoisotopic (exact) mass is 571 g/mol. The summed E-state index contributed by atoms with van der Waals surface area (Å²) in [6.45, 7) is 1.95. The molecule has 0 saturated heterocycles. The van der Waals surface area contributed by atoms with Gasteiger partial charge in [-0.2, -0.15) is 0 Å². The second-order valence-corrected chi connectivity index (χ2v) is 9.98. The van der Waals surface area contributed by atoms with Gasteiger partial charge in [0.15, 0.2) is 5.11 Å². The molecular weight excluding hydrogens is 560 g/mol. The Kier molecular flexibility index (Phi) is 8.21. The van der Waals surface area contributed by atoms with Crippen LogP contribution in [0.3, 0.4) is 0 Å². The molecule has 3 N–H and O–H groups in total. The van der Waals surface area contributed by atoms with Crippen LogP contribution in [0.1, 0.15) is 15.9 Å². The predicted molar refractivity (Wildman–Crippen MR) is 124 cm³/mol. The summed E-state index contributed by atoms with van der Waals surface area (Å²) in [6, 6.07) is 12.4. The van der Waals surface area contributed by atoms with Crippen molar-refractivity contribution in [3.8, 4) is 0 Å². The Morgan fingerprint density at radius 1 is 1.07 bits per heavy atom. The maximum Gasteiger partial charge on any atom is 0.252 e. The van der Waals surface area contributed by atoms with E-state index in [1.54, 1.807) is 30.3 Å². The number of thiocarbonyl (C=S) groups is 1. The van der Waals surface area contributed by atoms with E-state index in [4.69, 9.17) is 47.0 Å². The number of rotatable bonds is 4. The molecule has 0 aliphatic carbocycles. The maximum absolute atomic E-state index is 12.4. The molecule has 2 aromatic carbocycles. The summed E-state index contributed by atoms with van der Waals surface area (Å²) >= 11 is 30.2. The number of nitrogens with one attached hydrogen (secondary N) is 3. The van der Waals surface area contributed by atoms with Gasteiger partial charge >= 0.3 is 0 Å². The lowest BCUT2D eigenvalue weighted by molar-refractivity contribution is 0.0934. The van der Waals surface area contributed by atoms with Gasteiger partial charge in [-0.1, -0.05) is 68.9 Å². The van der Waals surface area contributed by atoms with E-state index in [0.29, 0.717) is 5.56 Å². The molecule has 0 spiro atoms. The van der Waals surface area contributed by atoms with Gasteiger partial charge in [0.2, 0.25) is 3.79 Å². The number of hydrogen-bond donors (Lipinski definition) is 3. The molecule has 10 heteroatoms. The summed E-state index contributed by atoms with van der Waals surface area (Å²) in [5.41, 5.74) is 2.17. The van der Waals surface area contributed by atoms with Crippen molar-refractivity contribution in [2.24, 2.45) is 0 Å². The van der Waals surface area contributed by atoms with Crippen molar-refractivity contribution in [3.05, 3.63) is 62.5 Å². The standard InChI is InChI=1S/C17H14Br2Cl3N3OS/c1-9-7-13(12(19)8-11(9)18)23-16(27)25-15(17(20,21)22)24-14(26)10-5-3-2-4-6-10/h2-8,15H,1H3,(H,24,26)(H2,23,25,27). The Balaban J connectivity index is 2.11. The molecular formula is C17H14Br2Cl3N3OS. The van der Waals surface area contributed by atoms with E-state index in [1.165, 1.54) is 0 Å².